The summed E-state index contributed by atoms with van der Waals surface area (Å²) in [5.41, 5.74) is 0.273. The molecule has 9 heteroatoms. The number of nitrogens with zero attached hydrogens (tertiary/aromatic N) is 2. The van der Waals surface area contributed by atoms with Gasteiger partial charge in [-0.2, -0.15) is 5.26 Å². The van der Waals surface area contributed by atoms with Gasteiger partial charge in [0.15, 0.2) is 5.78 Å². The molecule has 7 nitrogen and oxygen atoms in total. The number of aromatic nitrogens is 1. The fourth-order valence-electron chi connectivity index (χ4n) is 1.92. The average Bonchev–Trinajstić information content (AvgIpc) is 2.63. The highest BCUT2D eigenvalue weighted by molar-refractivity contribution is 14.1. The lowest BCUT2D eigenvalue weighted by molar-refractivity contribution is -0.145. The lowest BCUT2D eigenvalue weighted by Crippen LogP contribution is -2.17. The lowest BCUT2D eigenvalue weighted by atomic mass is 10.1. The number of hydrogen-bond acceptors (Lipinski definition) is 7. The monoisotopic (exact) mass is 469 g/mol. The third kappa shape index (κ3) is 5.21. The molecule has 0 spiro atoms. The van der Waals surface area contributed by atoms with Gasteiger partial charge in [0, 0.05) is 3.57 Å². The number of benzene rings is 1. The van der Waals surface area contributed by atoms with E-state index in [0.717, 1.165) is 0 Å². The first kappa shape index (κ1) is 19.7. The Morgan fingerprint density at radius 3 is 2.73 bits per heavy atom. The van der Waals surface area contributed by atoms with Gasteiger partial charge < -0.3 is 14.8 Å². The lowest BCUT2D eigenvalue weighted by Gasteiger charge is -2.12. The van der Waals surface area contributed by atoms with Crippen LogP contribution in [0.1, 0.15) is 16.1 Å². The standard InChI is InChI=1S/C17H13FIN3O4/c1-25-16(24)9-26-8-15(23)12-4-3-11(7-20)21-17(12)22-14-5-2-10(19)6-13(14)18/h2-6H,8-9H2,1H3,(H,21,22). The number of anilines is 2. The second-order valence-electron chi connectivity index (χ2n) is 4.95. The topological polar surface area (TPSA) is 101 Å². The molecular formula is C17H13FIN3O4. The zero-order chi connectivity index (χ0) is 19.1. The third-order valence-electron chi connectivity index (χ3n) is 3.18. The predicted octanol–water partition coefficient (Wildman–Crippen LogP) is 2.81. The number of pyridine rings is 1. The first-order valence-corrected chi connectivity index (χ1v) is 8.33. The number of halogens is 2. The Hall–Kier alpha value is -2.58. The van der Waals surface area contributed by atoms with Gasteiger partial charge in [0.05, 0.1) is 18.4 Å². The van der Waals surface area contributed by atoms with E-state index in [0.29, 0.717) is 3.57 Å². The van der Waals surface area contributed by atoms with E-state index in [4.69, 9.17) is 10.00 Å². The quantitative estimate of drug-likeness (QED) is 0.378. The summed E-state index contributed by atoms with van der Waals surface area (Å²) in [5, 5.41) is 11.7. The fourth-order valence-corrected chi connectivity index (χ4v) is 2.38. The molecule has 1 N–H and O–H groups in total. The maximum Gasteiger partial charge on any atom is 0.331 e. The molecule has 0 aliphatic carbocycles. The van der Waals surface area contributed by atoms with Crippen LogP contribution >= 0.6 is 22.6 Å². The van der Waals surface area contributed by atoms with Crippen molar-refractivity contribution in [3.63, 3.8) is 0 Å². The highest BCUT2D eigenvalue weighted by Gasteiger charge is 2.16. The summed E-state index contributed by atoms with van der Waals surface area (Å²) in [6.07, 6.45) is 0. The Balaban J connectivity index is 2.25. The first-order chi connectivity index (χ1) is 12.4. The van der Waals surface area contributed by atoms with Crippen molar-refractivity contribution in [3.8, 4) is 6.07 Å². The highest BCUT2D eigenvalue weighted by Crippen LogP contribution is 2.24. The van der Waals surface area contributed by atoms with E-state index in [1.54, 1.807) is 6.07 Å². The molecule has 0 aliphatic rings. The number of nitrogens with one attached hydrogen (secondary N) is 1. The molecule has 1 aromatic carbocycles. The number of methoxy groups -OCH3 is 1. The minimum absolute atomic E-state index is 0.0239. The molecule has 0 radical (unpaired) electrons. The molecule has 0 atom stereocenters. The van der Waals surface area contributed by atoms with Crippen LogP contribution in [0.3, 0.4) is 0 Å². The van der Waals surface area contributed by atoms with Gasteiger partial charge in [-0.25, -0.2) is 14.2 Å². The second-order valence-corrected chi connectivity index (χ2v) is 6.19. The third-order valence-corrected chi connectivity index (χ3v) is 3.85. The first-order valence-electron chi connectivity index (χ1n) is 7.25. The minimum Gasteiger partial charge on any atom is -0.467 e. The van der Waals surface area contributed by atoms with Crippen LogP contribution < -0.4 is 5.32 Å². The van der Waals surface area contributed by atoms with E-state index in [1.807, 2.05) is 28.7 Å². The van der Waals surface area contributed by atoms with Gasteiger partial charge in [-0.05, 0) is 52.9 Å². The van der Waals surface area contributed by atoms with Crippen LogP contribution in [0, 0.1) is 20.7 Å². The summed E-state index contributed by atoms with van der Waals surface area (Å²) in [5.74, 6) is -1.60. The van der Waals surface area contributed by atoms with Gasteiger partial charge >= 0.3 is 5.97 Å². The number of nitriles is 1. The van der Waals surface area contributed by atoms with Crippen molar-refractivity contribution in [3.05, 3.63) is 51.0 Å². The molecule has 1 heterocycles. The van der Waals surface area contributed by atoms with Crippen molar-refractivity contribution in [2.24, 2.45) is 0 Å². The van der Waals surface area contributed by atoms with Crippen molar-refractivity contribution in [2.45, 2.75) is 0 Å². The predicted molar refractivity (Wildman–Crippen MR) is 98.5 cm³/mol. The van der Waals surface area contributed by atoms with E-state index in [1.165, 1.54) is 31.4 Å². The normalized spacial score (nSPS) is 10.1. The SMILES string of the molecule is COC(=O)COCC(=O)c1ccc(C#N)nc1Nc1ccc(I)cc1F. The second kappa shape index (κ2) is 9.21. The molecule has 0 amide bonds. The van der Waals surface area contributed by atoms with Crippen molar-refractivity contribution >= 4 is 45.8 Å². The van der Waals surface area contributed by atoms with Gasteiger partial charge in [0.25, 0.3) is 0 Å². The molecule has 2 aromatic rings. The summed E-state index contributed by atoms with van der Waals surface area (Å²) in [6, 6.07) is 9.11. The molecule has 1 aromatic heterocycles. The van der Waals surface area contributed by atoms with Gasteiger partial charge in [-0.15, -0.1) is 0 Å². The Bertz CT molecular complexity index is 883. The molecule has 26 heavy (non-hydrogen) atoms. The van der Waals surface area contributed by atoms with Gasteiger partial charge in [-0.1, -0.05) is 0 Å². The van der Waals surface area contributed by atoms with Crippen LogP contribution in [0.5, 0.6) is 0 Å². The number of carbonyl (C=O) groups is 2. The largest absolute Gasteiger partial charge is 0.467 e. The van der Waals surface area contributed by atoms with E-state index in [9.17, 15) is 14.0 Å². The number of ketones is 1. The molecule has 0 unspecified atom stereocenters. The number of rotatable bonds is 7. The number of esters is 1. The number of hydrogen-bond donors (Lipinski definition) is 1. The van der Waals surface area contributed by atoms with Crippen molar-refractivity contribution in [1.82, 2.24) is 4.98 Å². The van der Waals surface area contributed by atoms with Gasteiger partial charge in [0.2, 0.25) is 0 Å². The Morgan fingerprint density at radius 1 is 1.31 bits per heavy atom. The molecule has 134 valence electrons. The van der Waals surface area contributed by atoms with Crippen molar-refractivity contribution < 1.29 is 23.5 Å². The van der Waals surface area contributed by atoms with Crippen LogP contribution in [-0.4, -0.2) is 37.1 Å². The average molecular weight is 469 g/mol. The summed E-state index contributed by atoms with van der Waals surface area (Å²) in [6.45, 7) is -0.771. The highest BCUT2D eigenvalue weighted by atomic mass is 127. The van der Waals surface area contributed by atoms with E-state index >= 15 is 0 Å². The molecule has 0 saturated carbocycles. The summed E-state index contributed by atoms with van der Waals surface area (Å²) >= 11 is 1.97. The smallest absolute Gasteiger partial charge is 0.331 e. The van der Waals surface area contributed by atoms with Gasteiger partial charge in [0.1, 0.15) is 36.6 Å². The Morgan fingerprint density at radius 2 is 2.08 bits per heavy atom. The van der Waals surface area contributed by atoms with E-state index in [-0.39, 0.29) is 29.4 Å². The van der Waals surface area contributed by atoms with Crippen molar-refractivity contribution in [2.75, 3.05) is 25.6 Å². The number of ether oxygens (including phenoxy) is 2. The maximum atomic E-state index is 14.1. The molecule has 0 bridgehead atoms. The molecule has 2 rings (SSSR count). The van der Waals surface area contributed by atoms with Crippen LogP contribution in [0.15, 0.2) is 30.3 Å². The summed E-state index contributed by atoms with van der Waals surface area (Å²) in [4.78, 5) is 27.4. The number of carbonyl (C=O) groups excluding carboxylic acids is 2. The minimum atomic E-state index is -0.616. The zero-order valence-corrected chi connectivity index (χ0v) is 15.7. The van der Waals surface area contributed by atoms with Crippen LogP contribution in [0.2, 0.25) is 0 Å². The molecular weight excluding hydrogens is 456 g/mol. The molecule has 0 saturated heterocycles. The zero-order valence-electron chi connectivity index (χ0n) is 13.6. The Kier molecular flexibility index (Phi) is 6.99. The van der Waals surface area contributed by atoms with Crippen LogP contribution in [0.4, 0.5) is 15.9 Å². The van der Waals surface area contributed by atoms with Crippen LogP contribution in [-0.2, 0) is 14.3 Å². The van der Waals surface area contributed by atoms with E-state index < -0.39 is 24.2 Å². The van der Waals surface area contributed by atoms with Crippen molar-refractivity contribution in [1.29, 1.82) is 5.26 Å². The molecule has 0 aliphatic heterocycles. The fraction of sp³-hybridized carbons (Fsp3) is 0.176. The molecule has 0 fully saturated rings. The van der Waals surface area contributed by atoms with Crippen LogP contribution in [0.25, 0.3) is 0 Å². The summed E-state index contributed by atoms with van der Waals surface area (Å²) in [7, 11) is 1.20. The Labute approximate surface area is 162 Å². The maximum absolute atomic E-state index is 14.1. The number of Topliss-reactive ketones (excluding diaryl/α,β-unsaturated/α-hetero) is 1. The summed E-state index contributed by atoms with van der Waals surface area (Å²) < 4.78 is 24.2. The van der Waals surface area contributed by atoms with Gasteiger partial charge in [-0.3, -0.25) is 4.79 Å². The van der Waals surface area contributed by atoms with E-state index in [2.05, 4.69) is 15.0 Å².